The van der Waals surface area contributed by atoms with Crippen molar-refractivity contribution >= 4 is 0 Å². The first kappa shape index (κ1) is 17.7. The number of hydrogen-bond donors (Lipinski definition) is 1. The van der Waals surface area contributed by atoms with E-state index in [-0.39, 0.29) is 30.5 Å². The van der Waals surface area contributed by atoms with Crippen molar-refractivity contribution in [2.75, 3.05) is 0 Å². The van der Waals surface area contributed by atoms with Crippen LogP contribution in [0.1, 0.15) is 58.3 Å². The molecule has 1 aliphatic carbocycles. The van der Waals surface area contributed by atoms with E-state index >= 15 is 0 Å². The lowest BCUT2D eigenvalue weighted by molar-refractivity contribution is -0.0488. The van der Waals surface area contributed by atoms with Gasteiger partial charge in [0.1, 0.15) is 0 Å². The third kappa shape index (κ3) is 4.11. The van der Waals surface area contributed by atoms with Crippen molar-refractivity contribution in [3.05, 3.63) is 23.8 Å². The summed E-state index contributed by atoms with van der Waals surface area (Å²) in [5, 5.41) is 9.67. The minimum atomic E-state index is -0.145. The first-order valence-electron chi connectivity index (χ1n) is 9.39. The second kappa shape index (κ2) is 7.87. The largest absolute Gasteiger partial charge is 0.393 e. The first-order chi connectivity index (χ1) is 11.6. The van der Waals surface area contributed by atoms with Crippen LogP contribution in [0, 0.1) is 18.3 Å². The standard InChI is InChI=1S/C21H30O3/c1-4-15(16-5-7-17(22)8-6-16)13-18-9-10-20(23-18)21-12-11-19(24-21)14(2)3/h1,13,16-22H,2,5-12H2,3H3/b15-13-. The summed E-state index contributed by atoms with van der Waals surface area (Å²) >= 11 is 0. The number of terminal acetylenes is 1. The molecule has 0 aromatic rings. The zero-order valence-electron chi connectivity index (χ0n) is 14.7. The second-order valence-corrected chi connectivity index (χ2v) is 7.65. The molecule has 2 heterocycles. The van der Waals surface area contributed by atoms with Crippen LogP contribution in [0.4, 0.5) is 0 Å². The molecule has 132 valence electrons. The summed E-state index contributed by atoms with van der Waals surface area (Å²) in [7, 11) is 0. The monoisotopic (exact) mass is 330 g/mol. The molecule has 0 aromatic carbocycles. The quantitative estimate of drug-likeness (QED) is 0.630. The van der Waals surface area contributed by atoms with E-state index in [4.69, 9.17) is 15.9 Å². The average Bonchev–Trinajstić information content (AvgIpc) is 3.22. The van der Waals surface area contributed by atoms with Gasteiger partial charge in [-0.1, -0.05) is 18.1 Å². The molecule has 3 nitrogen and oxygen atoms in total. The average molecular weight is 330 g/mol. The first-order valence-corrected chi connectivity index (χ1v) is 9.39. The van der Waals surface area contributed by atoms with E-state index in [0.717, 1.165) is 62.5 Å². The number of rotatable bonds is 4. The summed E-state index contributed by atoms with van der Waals surface area (Å²) in [5.41, 5.74) is 2.18. The fourth-order valence-corrected chi connectivity index (χ4v) is 4.27. The zero-order valence-corrected chi connectivity index (χ0v) is 14.7. The van der Waals surface area contributed by atoms with Gasteiger partial charge in [-0.2, -0.15) is 0 Å². The van der Waals surface area contributed by atoms with Gasteiger partial charge in [-0.05, 0) is 70.3 Å². The fourth-order valence-electron chi connectivity index (χ4n) is 4.27. The lowest BCUT2D eigenvalue weighted by Crippen LogP contribution is -2.27. The maximum atomic E-state index is 9.67. The minimum absolute atomic E-state index is 0.111. The van der Waals surface area contributed by atoms with Crippen LogP contribution in [0.2, 0.25) is 0 Å². The van der Waals surface area contributed by atoms with E-state index in [2.05, 4.69) is 18.6 Å². The summed E-state index contributed by atoms with van der Waals surface area (Å²) in [6.07, 6.45) is 16.3. The Morgan fingerprint density at radius 3 is 2.33 bits per heavy atom. The maximum absolute atomic E-state index is 9.67. The molecule has 4 atom stereocenters. The smallest absolute Gasteiger partial charge is 0.0846 e. The Kier molecular flexibility index (Phi) is 5.81. The Morgan fingerprint density at radius 1 is 1.04 bits per heavy atom. The third-order valence-electron chi connectivity index (χ3n) is 5.77. The summed E-state index contributed by atoms with van der Waals surface area (Å²) in [4.78, 5) is 0. The van der Waals surface area contributed by atoms with E-state index in [9.17, 15) is 5.11 Å². The molecular weight excluding hydrogens is 300 g/mol. The molecule has 2 saturated heterocycles. The highest BCUT2D eigenvalue weighted by Gasteiger charge is 2.37. The molecule has 0 bridgehead atoms. The number of aliphatic hydroxyl groups excluding tert-OH is 1. The van der Waals surface area contributed by atoms with Crippen LogP contribution >= 0.6 is 0 Å². The normalized spacial score (nSPS) is 40.5. The van der Waals surface area contributed by atoms with Crippen molar-refractivity contribution in [2.24, 2.45) is 5.92 Å². The SMILES string of the molecule is C#C/C(=C/C1CCC(C2CCC(C(=C)C)O2)O1)C1CCC(O)CC1. The molecule has 4 unspecified atom stereocenters. The number of allylic oxidation sites excluding steroid dienone is 1. The number of aliphatic hydroxyl groups is 1. The van der Waals surface area contributed by atoms with Crippen LogP contribution in [-0.4, -0.2) is 35.6 Å². The summed E-state index contributed by atoms with van der Waals surface area (Å²) in [6, 6.07) is 0. The van der Waals surface area contributed by atoms with Gasteiger partial charge in [0.25, 0.3) is 0 Å². The highest BCUT2D eigenvalue weighted by molar-refractivity contribution is 5.30. The van der Waals surface area contributed by atoms with Crippen molar-refractivity contribution < 1.29 is 14.6 Å². The molecule has 0 aromatic heterocycles. The van der Waals surface area contributed by atoms with Crippen molar-refractivity contribution in [1.29, 1.82) is 0 Å². The number of ether oxygens (including phenoxy) is 2. The van der Waals surface area contributed by atoms with Crippen molar-refractivity contribution in [3.8, 4) is 12.3 Å². The van der Waals surface area contributed by atoms with E-state index in [1.807, 2.05) is 6.92 Å². The topological polar surface area (TPSA) is 38.7 Å². The van der Waals surface area contributed by atoms with Crippen LogP contribution < -0.4 is 0 Å². The molecule has 24 heavy (non-hydrogen) atoms. The van der Waals surface area contributed by atoms with Crippen LogP contribution in [0.5, 0.6) is 0 Å². The van der Waals surface area contributed by atoms with Gasteiger partial charge in [0, 0.05) is 5.57 Å². The molecule has 3 fully saturated rings. The van der Waals surface area contributed by atoms with Crippen LogP contribution in [0.3, 0.4) is 0 Å². The Morgan fingerprint density at radius 2 is 1.71 bits per heavy atom. The van der Waals surface area contributed by atoms with Gasteiger partial charge in [-0.3, -0.25) is 0 Å². The Balaban J connectivity index is 1.55. The lowest BCUT2D eigenvalue weighted by Gasteiger charge is -2.26. The predicted octanol–water partition coefficient (Wildman–Crippen LogP) is 3.77. The number of hydrogen-bond acceptors (Lipinski definition) is 3. The molecule has 1 saturated carbocycles. The van der Waals surface area contributed by atoms with Gasteiger partial charge in [-0.15, -0.1) is 6.42 Å². The molecule has 0 radical (unpaired) electrons. The van der Waals surface area contributed by atoms with Crippen LogP contribution in [0.25, 0.3) is 0 Å². The van der Waals surface area contributed by atoms with E-state index in [1.54, 1.807) is 0 Å². The van der Waals surface area contributed by atoms with Crippen LogP contribution in [-0.2, 0) is 9.47 Å². The van der Waals surface area contributed by atoms with Gasteiger partial charge < -0.3 is 14.6 Å². The Bertz CT molecular complexity index is 522. The van der Waals surface area contributed by atoms with Gasteiger partial charge in [0.05, 0.1) is 30.5 Å². The van der Waals surface area contributed by atoms with Crippen molar-refractivity contribution in [2.45, 2.75) is 88.8 Å². The van der Waals surface area contributed by atoms with Gasteiger partial charge in [-0.25, -0.2) is 0 Å². The van der Waals surface area contributed by atoms with Crippen molar-refractivity contribution in [3.63, 3.8) is 0 Å². The molecule has 2 aliphatic heterocycles. The molecule has 3 heteroatoms. The Labute approximate surface area is 146 Å². The highest BCUT2D eigenvalue weighted by Crippen LogP contribution is 2.35. The third-order valence-corrected chi connectivity index (χ3v) is 5.77. The summed E-state index contributed by atoms with van der Waals surface area (Å²) in [6.45, 7) is 6.04. The molecular formula is C21H30O3. The van der Waals surface area contributed by atoms with Gasteiger partial charge in [0.15, 0.2) is 0 Å². The minimum Gasteiger partial charge on any atom is -0.393 e. The summed E-state index contributed by atoms with van der Waals surface area (Å²) in [5.74, 6) is 3.29. The predicted molar refractivity (Wildman–Crippen MR) is 95.5 cm³/mol. The molecule has 3 rings (SSSR count). The molecule has 3 aliphatic rings. The molecule has 1 N–H and O–H groups in total. The van der Waals surface area contributed by atoms with E-state index < -0.39 is 0 Å². The van der Waals surface area contributed by atoms with Crippen molar-refractivity contribution in [1.82, 2.24) is 0 Å². The lowest BCUT2D eigenvalue weighted by atomic mass is 9.82. The molecule has 0 spiro atoms. The molecule has 0 amide bonds. The Hall–Kier alpha value is -1.08. The van der Waals surface area contributed by atoms with E-state index in [0.29, 0.717) is 5.92 Å². The maximum Gasteiger partial charge on any atom is 0.0846 e. The van der Waals surface area contributed by atoms with Crippen LogP contribution in [0.15, 0.2) is 23.8 Å². The fraction of sp³-hybridized carbons (Fsp3) is 0.714. The second-order valence-electron chi connectivity index (χ2n) is 7.65. The van der Waals surface area contributed by atoms with Gasteiger partial charge >= 0.3 is 0 Å². The van der Waals surface area contributed by atoms with E-state index in [1.165, 1.54) is 0 Å². The van der Waals surface area contributed by atoms with Gasteiger partial charge in [0.2, 0.25) is 0 Å². The zero-order chi connectivity index (χ0) is 17.1. The highest BCUT2D eigenvalue weighted by atomic mass is 16.6. The summed E-state index contributed by atoms with van der Waals surface area (Å²) < 4.78 is 12.3.